The molecule has 29 heavy (non-hydrogen) atoms. The molecule has 5 heteroatoms. The smallest absolute Gasteiger partial charge is 0.226 e. The molecule has 4 nitrogen and oxygen atoms in total. The van der Waals surface area contributed by atoms with Gasteiger partial charge in [0.2, 0.25) is 5.91 Å². The fourth-order valence-electron chi connectivity index (χ4n) is 3.05. The number of benzene rings is 2. The fourth-order valence-corrected chi connectivity index (χ4v) is 3.75. The van der Waals surface area contributed by atoms with Gasteiger partial charge in [-0.15, -0.1) is 11.3 Å². The predicted octanol–water partition coefficient (Wildman–Crippen LogP) is 5.27. The molecule has 0 unspecified atom stereocenters. The van der Waals surface area contributed by atoms with E-state index in [2.05, 4.69) is 60.5 Å². The van der Waals surface area contributed by atoms with Crippen LogP contribution in [0.25, 0.3) is 0 Å². The lowest BCUT2D eigenvalue weighted by molar-refractivity contribution is -0.121. The minimum atomic E-state index is -0.0269. The SMILES string of the molecule is CCc1ccc(OCc2nc(CC(=O)N[C@H](C)c3ccc(CC)cc3)cs2)cc1. The third-order valence-corrected chi connectivity index (χ3v) is 5.77. The highest BCUT2D eigenvalue weighted by atomic mass is 32.1. The molecule has 2 aromatic carbocycles. The first-order chi connectivity index (χ1) is 14.1. The Morgan fingerprint density at radius 2 is 1.66 bits per heavy atom. The highest BCUT2D eigenvalue weighted by Gasteiger charge is 2.12. The van der Waals surface area contributed by atoms with Gasteiger partial charge in [0.15, 0.2) is 0 Å². The molecule has 3 aromatic rings. The van der Waals surface area contributed by atoms with Gasteiger partial charge >= 0.3 is 0 Å². The van der Waals surface area contributed by atoms with Crippen LogP contribution < -0.4 is 10.1 Å². The molecule has 0 saturated heterocycles. The van der Waals surface area contributed by atoms with Crippen molar-refractivity contribution in [1.29, 1.82) is 0 Å². The molecule has 0 bridgehead atoms. The van der Waals surface area contributed by atoms with Gasteiger partial charge < -0.3 is 10.1 Å². The molecule has 0 fully saturated rings. The molecule has 1 N–H and O–H groups in total. The van der Waals surface area contributed by atoms with Gasteiger partial charge in [-0.25, -0.2) is 4.98 Å². The van der Waals surface area contributed by atoms with Crippen LogP contribution in [0.5, 0.6) is 5.75 Å². The highest BCUT2D eigenvalue weighted by Crippen LogP contribution is 2.18. The maximum Gasteiger partial charge on any atom is 0.226 e. The summed E-state index contributed by atoms with van der Waals surface area (Å²) in [5.41, 5.74) is 4.47. The summed E-state index contributed by atoms with van der Waals surface area (Å²) < 4.78 is 5.80. The average Bonchev–Trinajstić information content (AvgIpc) is 3.19. The number of rotatable bonds is 9. The summed E-state index contributed by atoms with van der Waals surface area (Å²) in [6, 6.07) is 16.5. The van der Waals surface area contributed by atoms with E-state index in [1.54, 1.807) is 0 Å². The standard InChI is InChI=1S/C24H28N2O2S/c1-4-18-6-10-20(11-7-18)17(3)25-23(27)14-21-16-29-24(26-21)15-28-22-12-8-19(5-2)9-13-22/h6-13,16-17H,4-5,14-15H2,1-3H3,(H,25,27)/t17-/m1/s1. The number of aryl methyl sites for hydroxylation is 2. The average molecular weight is 409 g/mol. The van der Waals surface area contributed by atoms with Gasteiger partial charge in [0.1, 0.15) is 17.4 Å². The Kier molecular flexibility index (Phi) is 7.42. The quantitative estimate of drug-likeness (QED) is 0.525. The fraction of sp³-hybridized carbons (Fsp3) is 0.333. The van der Waals surface area contributed by atoms with E-state index in [-0.39, 0.29) is 18.4 Å². The minimum absolute atomic E-state index is 0.0232. The maximum atomic E-state index is 12.4. The number of ether oxygens (including phenoxy) is 1. The lowest BCUT2D eigenvalue weighted by Crippen LogP contribution is -2.28. The summed E-state index contributed by atoms with van der Waals surface area (Å²) in [6.07, 6.45) is 2.31. The second kappa shape index (κ2) is 10.2. The number of aromatic nitrogens is 1. The van der Waals surface area contributed by atoms with Gasteiger partial charge in [-0.3, -0.25) is 4.79 Å². The summed E-state index contributed by atoms with van der Waals surface area (Å²) in [4.78, 5) is 16.9. The molecule has 1 heterocycles. The van der Waals surface area contributed by atoms with Crippen LogP contribution in [0.4, 0.5) is 0 Å². The lowest BCUT2D eigenvalue weighted by Gasteiger charge is -2.14. The summed E-state index contributed by atoms with van der Waals surface area (Å²) in [5.74, 6) is 0.810. The van der Waals surface area contributed by atoms with Gasteiger partial charge in [0.05, 0.1) is 18.2 Å². The van der Waals surface area contributed by atoms with Gasteiger partial charge in [-0.1, -0.05) is 50.2 Å². The Morgan fingerprint density at radius 3 is 2.28 bits per heavy atom. The number of hydrogen-bond acceptors (Lipinski definition) is 4. The molecule has 0 saturated carbocycles. The van der Waals surface area contributed by atoms with Crippen molar-refractivity contribution in [2.75, 3.05) is 0 Å². The van der Waals surface area contributed by atoms with E-state index in [0.29, 0.717) is 6.61 Å². The van der Waals surface area contributed by atoms with Crippen LogP contribution in [0.15, 0.2) is 53.9 Å². The van der Waals surface area contributed by atoms with Crippen LogP contribution in [0.2, 0.25) is 0 Å². The van der Waals surface area contributed by atoms with Crippen molar-refractivity contribution in [2.45, 2.75) is 52.7 Å². The van der Waals surface area contributed by atoms with Crippen molar-refractivity contribution in [1.82, 2.24) is 10.3 Å². The third-order valence-electron chi connectivity index (χ3n) is 4.90. The van der Waals surface area contributed by atoms with Crippen LogP contribution in [0, 0.1) is 0 Å². The van der Waals surface area contributed by atoms with Crippen molar-refractivity contribution in [2.24, 2.45) is 0 Å². The van der Waals surface area contributed by atoms with E-state index < -0.39 is 0 Å². The first-order valence-electron chi connectivity index (χ1n) is 10.1. The molecule has 0 aliphatic carbocycles. The Bertz CT molecular complexity index is 917. The molecule has 1 aromatic heterocycles. The number of amides is 1. The highest BCUT2D eigenvalue weighted by molar-refractivity contribution is 7.09. The summed E-state index contributed by atoms with van der Waals surface area (Å²) in [6.45, 7) is 6.68. The second-order valence-corrected chi connectivity index (χ2v) is 8.02. The summed E-state index contributed by atoms with van der Waals surface area (Å²) >= 11 is 1.52. The summed E-state index contributed by atoms with van der Waals surface area (Å²) in [7, 11) is 0. The third kappa shape index (κ3) is 6.16. The molecule has 3 rings (SSSR count). The van der Waals surface area contributed by atoms with Gasteiger partial charge in [-0.05, 0) is 48.6 Å². The van der Waals surface area contributed by atoms with Crippen LogP contribution in [-0.2, 0) is 30.7 Å². The van der Waals surface area contributed by atoms with E-state index in [0.717, 1.165) is 34.9 Å². The van der Waals surface area contributed by atoms with Gasteiger partial charge in [0.25, 0.3) is 0 Å². The number of nitrogens with one attached hydrogen (secondary N) is 1. The van der Waals surface area contributed by atoms with Crippen molar-refractivity contribution in [3.63, 3.8) is 0 Å². The number of carbonyl (C=O) groups excluding carboxylic acids is 1. The van der Waals surface area contributed by atoms with Crippen LogP contribution in [0.3, 0.4) is 0 Å². The maximum absolute atomic E-state index is 12.4. The molecular formula is C24H28N2O2S. The van der Waals surface area contributed by atoms with Crippen LogP contribution in [0.1, 0.15) is 54.2 Å². The zero-order chi connectivity index (χ0) is 20.6. The van der Waals surface area contributed by atoms with Crippen LogP contribution >= 0.6 is 11.3 Å². The molecule has 1 atom stereocenters. The van der Waals surface area contributed by atoms with Crippen LogP contribution in [-0.4, -0.2) is 10.9 Å². The molecule has 0 aliphatic heterocycles. The van der Waals surface area contributed by atoms with E-state index in [1.807, 2.05) is 24.4 Å². The number of carbonyl (C=O) groups is 1. The number of thiazole rings is 1. The first kappa shape index (κ1) is 21.1. The van der Waals surface area contributed by atoms with Gasteiger partial charge in [0, 0.05) is 5.38 Å². The number of hydrogen-bond donors (Lipinski definition) is 1. The minimum Gasteiger partial charge on any atom is -0.486 e. The van der Waals surface area contributed by atoms with Crippen molar-refractivity contribution < 1.29 is 9.53 Å². The Balaban J connectivity index is 1.48. The predicted molar refractivity (Wildman–Crippen MR) is 118 cm³/mol. The van der Waals surface area contributed by atoms with E-state index in [1.165, 1.54) is 22.5 Å². The molecule has 1 amide bonds. The van der Waals surface area contributed by atoms with E-state index in [9.17, 15) is 4.79 Å². The largest absolute Gasteiger partial charge is 0.486 e. The number of nitrogens with zero attached hydrogens (tertiary/aromatic N) is 1. The lowest BCUT2D eigenvalue weighted by atomic mass is 10.0. The zero-order valence-electron chi connectivity index (χ0n) is 17.3. The Labute approximate surface area is 177 Å². The Morgan fingerprint density at radius 1 is 1.03 bits per heavy atom. The van der Waals surface area contributed by atoms with E-state index >= 15 is 0 Å². The first-order valence-corrected chi connectivity index (χ1v) is 11.0. The monoisotopic (exact) mass is 408 g/mol. The molecular weight excluding hydrogens is 380 g/mol. The van der Waals surface area contributed by atoms with Crippen molar-refractivity contribution in [3.8, 4) is 5.75 Å². The van der Waals surface area contributed by atoms with E-state index in [4.69, 9.17) is 4.74 Å². The molecule has 0 aliphatic rings. The van der Waals surface area contributed by atoms with Crippen molar-refractivity contribution >= 4 is 17.2 Å². The zero-order valence-corrected chi connectivity index (χ0v) is 18.1. The van der Waals surface area contributed by atoms with Gasteiger partial charge in [-0.2, -0.15) is 0 Å². The van der Waals surface area contributed by atoms with Crippen molar-refractivity contribution in [3.05, 3.63) is 81.3 Å². The Hall–Kier alpha value is -2.66. The normalized spacial score (nSPS) is 11.8. The molecule has 0 radical (unpaired) electrons. The molecule has 152 valence electrons. The second-order valence-electron chi connectivity index (χ2n) is 7.08. The topological polar surface area (TPSA) is 51.2 Å². The molecule has 0 spiro atoms. The summed E-state index contributed by atoms with van der Waals surface area (Å²) in [5, 5.41) is 5.86.